The molecule has 0 fully saturated rings. The molecule has 0 saturated carbocycles. The molecular formula is C14H16ClN3S. The number of rotatable bonds is 5. The summed E-state index contributed by atoms with van der Waals surface area (Å²) in [5.41, 5.74) is 1.19. The van der Waals surface area contributed by atoms with Gasteiger partial charge in [-0.3, -0.25) is 0 Å². The molecule has 0 aliphatic heterocycles. The van der Waals surface area contributed by atoms with Crippen molar-refractivity contribution in [3.05, 3.63) is 47.4 Å². The second-order valence-electron chi connectivity index (χ2n) is 4.44. The van der Waals surface area contributed by atoms with Crippen molar-refractivity contribution in [2.45, 2.75) is 36.4 Å². The number of nitrogens with one attached hydrogen (secondary N) is 1. The zero-order valence-electron chi connectivity index (χ0n) is 10.9. The Morgan fingerprint density at radius 3 is 2.84 bits per heavy atom. The molecular weight excluding hydrogens is 278 g/mol. The molecule has 0 aliphatic rings. The van der Waals surface area contributed by atoms with E-state index in [2.05, 4.69) is 29.1 Å². The van der Waals surface area contributed by atoms with Crippen molar-refractivity contribution in [2.75, 3.05) is 0 Å². The Labute approximate surface area is 122 Å². The van der Waals surface area contributed by atoms with Crippen molar-refractivity contribution >= 4 is 23.4 Å². The van der Waals surface area contributed by atoms with Crippen LogP contribution in [0.3, 0.4) is 0 Å². The van der Waals surface area contributed by atoms with Gasteiger partial charge in [0.2, 0.25) is 0 Å². The second kappa shape index (κ2) is 6.89. The standard InChI is InChI=1S/C14H16ClN3S/c1-10(2)17-8-11-7-12(15)3-4-13(11)19-14-5-6-16-9-18-14/h3-7,9-10,17H,8H2,1-2H3. The summed E-state index contributed by atoms with van der Waals surface area (Å²) in [6.07, 6.45) is 3.31. The van der Waals surface area contributed by atoms with Gasteiger partial charge < -0.3 is 5.32 Å². The van der Waals surface area contributed by atoms with Gasteiger partial charge in [-0.2, -0.15) is 0 Å². The number of nitrogens with zero attached hydrogens (tertiary/aromatic N) is 2. The minimum absolute atomic E-state index is 0.441. The van der Waals surface area contributed by atoms with Gasteiger partial charge in [-0.15, -0.1) is 0 Å². The van der Waals surface area contributed by atoms with Gasteiger partial charge in [0.05, 0.1) is 0 Å². The maximum Gasteiger partial charge on any atom is 0.116 e. The molecule has 100 valence electrons. The summed E-state index contributed by atoms with van der Waals surface area (Å²) in [4.78, 5) is 9.32. The summed E-state index contributed by atoms with van der Waals surface area (Å²) in [7, 11) is 0. The maximum atomic E-state index is 6.07. The first kappa shape index (κ1) is 14.3. The molecule has 0 saturated heterocycles. The second-order valence-corrected chi connectivity index (χ2v) is 5.94. The number of hydrogen-bond donors (Lipinski definition) is 1. The third-order valence-corrected chi connectivity index (χ3v) is 3.80. The fourth-order valence-electron chi connectivity index (χ4n) is 1.55. The lowest BCUT2D eigenvalue weighted by atomic mass is 10.2. The number of benzene rings is 1. The van der Waals surface area contributed by atoms with E-state index in [4.69, 9.17) is 11.6 Å². The van der Waals surface area contributed by atoms with E-state index in [0.717, 1.165) is 21.5 Å². The van der Waals surface area contributed by atoms with Crippen molar-refractivity contribution < 1.29 is 0 Å². The van der Waals surface area contributed by atoms with E-state index in [1.807, 2.05) is 24.3 Å². The quantitative estimate of drug-likeness (QED) is 0.852. The van der Waals surface area contributed by atoms with E-state index >= 15 is 0 Å². The Morgan fingerprint density at radius 2 is 2.16 bits per heavy atom. The first-order chi connectivity index (χ1) is 9.15. The fraction of sp³-hybridized carbons (Fsp3) is 0.286. The van der Waals surface area contributed by atoms with Crippen LogP contribution in [0.4, 0.5) is 0 Å². The lowest BCUT2D eigenvalue weighted by Crippen LogP contribution is -2.22. The summed E-state index contributed by atoms with van der Waals surface area (Å²) in [6, 6.07) is 8.28. The van der Waals surface area contributed by atoms with Crippen LogP contribution in [-0.4, -0.2) is 16.0 Å². The van der Waals surface area contributed by atoms with Crippen molar-refractivity contribution in [1.29, 1.82) is 0 Å². The summed E-state index contributed by atoms with van der Waals surface area (Å²) >= 11 is 7.70. The van der Waals surface area contributed by atoms with E-state index in [1.165, 1.54) is 5.56 Å². The molecule has 5 heteroatoms. The summed E-state index contributed by atoms with van der Waals surface area (Å²) in [5, 5.41) is 5.10. The highest BCUT2D eigenvalue weighted by Gasteiger charge is 2.07. The lowest BCUT2D eigenvalue weighted by molar-refractivity contribution is 0.585. The predicted octanol–water partition coefficient (Wildman–Crippen LogP) is 3.78. The molecule has 0 amide bonds. The minimum atomic E-state index is 0.441. The average Bonchev–Trinajstić information content (AvgIpc) is 2.40. The van der Waals surface area contributed by atoms with Crippen molar-refractivity contribution in [3.63, 3.8) is 0 Å². The molecule has 2 aromatic rings. The van der Waals surface area contributed by atoms with Crippen molar-refractivity contribution in [1.82, 2.24) is 15.3 Å². The van der Waals surface area contributed by atoms with Crippen LogP contribution in [0.25, 0.3) is 0 Å². The van der Waals surface area contributed by atoms with Gasteiger partial charge in [0.15, 0.2) is 0 Å². The highest BCUT2D eigenvalue weighted by atomic mass is 35.5. The zero-order chi connectivity index (χ0) is 13.7. The molecule has 1 heterocycles. The molecule has 3 nitrogen and oxygen atoms in total. The fourth-order valence-corrected chi connectivity index (χ4v) is 2.60. The molecule has 2 rings (SSSR count). The van der Waals surface area contributed by atoms with Crippen LogP contribution in [0.5, 0.6) is 0 Å². The van der Waals surface area contributed by atoms with Crippen LogP contribution in [-0.2, 0) is 6.54 Å². The zero-order valence-corrected chi connectivity index (χ0v) is 12.5. The van der Waals surface area contributed by atoms with Crippen LogP contribution in [0.2, 0.25) is 5.02 Å². The molecule has 0 unspecified atom stereocenters. The summed E-state index contributed by atoms with van der Waals surface area (Å²) in [5.74, 6) is 0. The molecule has 0 spiro atoms. The molecule has 1 N–H and O–H groups in total. The Balaban J connectivity index is 2.19. The lowest BCUT2D eigenvalue weighted by Gasteiger charge is -2.12. The summed E-state index contributed by atoms with van der Waals surface area (Å²) < 4.78 is 0. The van der Waals surface area contributed by atoms with Gasteiger partial charge in [-0.1, -0.05) is 37.2 Å². The van der Waals surface area contributed by atoms with Crippen molar-refractivity contribution in [3.8, 4) is 0 Å². The van der Waals surface area contributed by atoms with Crippen LogP contribution in [0.15, 0.2) is 46.7 Å². The van der Waals surface area contributed by atoms with Crippen LogP contribution < -0.4 is 5.32 Å². The van der Waals surface area contributed by atoms with Crippen LogP contribution >= 0.6 is 23.4 Å². The number of halogens is 1. The molecule has 0 radical (unpaired) electrons. The largest absolute Gasteiger partial charge is 0.310 e. The summed E-state index contributed by atoms with van der Waals surface area (Å²) in [6.45, 7) is 5.05. The first-order valence-electron chi connectivity index (χ1n) is 6.11. The Hall–Kier alpha value is -1.10. The number of hydrogen-bond acceptors (Lipinski definition) is 4. The molecule has 1 aromatic carbocycles. The molecule has 0 atom stereocenters. The smallest absolute Gasteiger partial charge is 0.116 e. The highest BCUT2D eigenvalue weighted by Crippen LogP contribution is 2.30. The maximum absolute atomic E-state index is 6.07. The molecule has 19 heavy (non-hydrogen) atoms. The van der Waals surface area contributed by atoms with Crippen LogP contribution in [0.1, 0.15) is 19.4 Å². The average molecular weight is 294 g/mol. The molecule has 0 aliphatic carbocycles. The van der Waals surface area contributed by atoms with Gasteiger partial charge in [-0.05, 0) is 29.8 Å². The Kier molecular flexibility index (Phi) is 5.19. The van der Waals surface area contributed by atoms with Crippen molar-refractivity contribution in [2.24, 2.45) is 0 Å². The van der Waals surface area contributed by atoms with E-state index in [1.54, 1.807) is 24.3 Å². The van der Waals surface area contributed by atoms with E-state index < -0.39 is 0 Å². The van der Waals surface area contributed by atoms with Gasteiger partial charge in [0, 0.05) is 28.7 Å². The van der Waals surface area contributed by atoms with E-state index in [0.29, 0.717) is 6.04 Å². The van der Waals surface area contributed by atoms with Gasteiger partial charge in [0.25, 0.3) is 0 Å². The van der Waals surface area contributed by atoms with Crippen LogP contribution in [0, 0.1) is 0 Å². The third-order valence-electron chi connectivity index (χ3n) is 2.49. The first-order valence-corrected chi connectivity index (χ1v) is 7.30. The van der Waals surface area contributed by atoms with Gasteiger partial charge >= 0.3 is 0 Å². The monoisotopic (exact) mass is 293 g/mol. The topological polar surface area (TPSA) is 37.8 Å². The molecule has 0 bridgehead atoms. The van der Waals surface area contributed by atoms with Gasteiger partial charge in [0.1, 0.15) is 11.4 Å². The number of aromatic nitrogens is 2. The van der Waals surface area contributed by atoms with E-state index in [-0.39, 0.29) is 0 Å². The SMILES string of the molecule is CC(C)NCc1cc(Cl)ccc1Sc1ccncn1. The minimum Gasteiger partial charge on any atom is -0.310 e. The highest BCUT2D eigenvalue weighted by molar-refractivity contribution is 7.99. The predicted molar refractivity (Wildman–Crippen MR) is 79.6 cm³/mol. The third kappa shape index (κ3) is 4.49. The molecule has 1 aromatic heterocycles. The van der Waals surface area contributed by atoms with E-state index in [9.17, 15) is 0 Å². The Bertz CT molecular complexity index is 531. The van der Waals surface area contributed by atoms with Gasteiger partial charge in [-0.25, -0.2) is 9.97 Å². The normalized spacial score (nSPS) is 10.9. The Morgan fingerprint density at radius 1 is 1.32 bits per heavy atom.